The molecule has 1 heterocycles. The van der Waals surface area contributed by atoms with Gasteiger partial charge in [-0.25, -0.2) is 0 Å². The molecule has 148 valence electrons. The molecule has 2 aliphatic rings. The Morgan fingerprint density at radius 1 is 1.00 bits per heavy atom. The number of benzene rings is 2. The van der Waals surface area contributed by atoms with E-state index in [1.54, 1.807) is 24.3 Å². The van der Waals surface area contributed by atoms with E-state index in [0.29, 0.717) is 24.1 Å². The van der Waals surface area contributed by atoms with E-state index in [0.717, 1.165) is 24.9 Å². The predicted octanol–water partition coefficient (Wildman–Crippen LogP) is 4.28. The number of anilines is 2. The van der Waals surface area contributed by atoms with Gasteiger partial charge >= 0.3 is 0 Å². The van der Waals surface area contributed by atoms with Crippen molar-refractivity contribution in [1.82, 2.24) is 0 Å². The summed E-state index contributed by atoms with van der Waals surface area (Å²) in [7, 11) is 0. The van der Waals surface area contributed by atoms with E-state index in [-0.39, 0.29) is 29.7 Å². The Labute approximate surface area is 171 Å². The van der Waals surface area contributed by atoms with E-state index in [9.17, 15) is 14.9 Å². The largest absolute Gasteiger partial charge is 0.325 e. The Hall–Kier alpha value is -3.13. The van der Waals surface area contributed by atoms with Gasteiger partial charge in [-0.15, -0.1) is 0 Å². The maximum atomic E-state index is 13.2. The second-order valence-electron chi connectivity index (χ2n) is 8.09. The lowest BCUT2D eigenvalue weighted by Crippen LogP contribution is -2.42. The van der Waals surface area contributed by atoms with Crippen LogP contribution in [0.1, 0.15) is 43.7 Å². The van der Waals surface area contributed by atoms with Crippen LogP contribution in [0.5, 0.6) is 0 Å². The maximum absolute atomic E-state index is 13.2. The first kappa shape index (κ1) is 19.2. The zero-order valence-corrected chi connectivity index (χ0v) is 16.6. The van der Waals surface area contributed by atoms with Gasteiger partial charge in [0.1, 0.15) is 6.07 Å². The summed E-state index contributed by atoms with van der Waals surface area (Å²) in [5, 5.41) is 12.1. The number of hydrogen-bond donors (Lipinski definition) is 1. The zero-order chi connectivity index (χ0) is 20.4. The number of carbonyl (C=O) groups is 2. The minimum absolute atomic E-state index is 0.0287. The minimum atomic E-state index is -0.117. The molecule has 0 spiro atoms. The molecule has 1 N–H and O–H groups in total. The highest BCUT2D eigenvalue weighted by atomic mass is 16.2. The summed E-state index contributed by atoms with van der Waals surface area (Å²) in [6.07, 6.45) is 3.74. The van der Waals surface area contributed by atoms with Crippen LogP contribution < -0.4 is 10.2 Å². The second kappa shape index (κ2) is 8.08. The zero-order valence-electron chi connectivity index (χ0n) is 16.6. The van der Waals surface area contributed by atoms with E-state index < -0.39 is 0 Å². The molecule has 2 aromatic rings. The summed E-state index contributed by atoms with van der Waals surface area (Å²) in [4.78, 5) is 27.8. The van der Waals surface area contributed by atoms with Crippen LogP contribution in [-0.4, -0.2) is 17.9 Å². The molecule has 1 aliphatic heterocycles. The average molecular weight is 387 g/mol. The maximum Gasteiger partial charge on any atom is 0.230 e. The molecule has 0 aromatic heterocycles. The minimum Gasteiger partial charge on any atom is -0.325 e. The molecule has 29 heavy (non-hydrogen) atoms. The Bertz CT molecular complexity index is 970. The molecule has 4 rings (SSSR count). The topological polar surface area (TPSA) is 73.2 Å². The van der Waals surface area contributed by atoms with Crippen molar-refractivity contribution in [2.45, 2.75) is 45.1 Å². The van der Waals surface area contributed by atoms with Crippen molar-refractivity contribution in [3.8, 4) is 6.07 Å². The number of rotatable bonds is 3. The summed E-state index contributed by atoms with van der Waals surface area (Å²) in [6, 6.07) is 17.4. The van der Waals surface area contributed by atoms with Gasteiger partial charge in [0.2, 0.25) is 11.8 Å². The standard InChI is InChI=1S/C24H25N3O2/c1-16-14-19-6-3-5-9-22(19)27(16)24(29)18-12-10-17(11-13-18)23(28)26-21-8-4-2-7-20(21)15-25/h2-9,16-18H,10-14H2,1H3,(H,26,28). The number of para-hydroxylation sites is 2. The lowest BCUT2D eigenvalue weighted by atomic mass is 9.80. The first-order valence-corrected chi connectivity index (χ1v) is 10.3. The highest BCUT2D eigenvalue weighted by Crippen LogP contribution is 2.37. The Balaban J connectivity index is 1.38. The predicted molar refractivity (Wildman–Crippen MR) is 112 cm³/mol. The number of nitriles is 1. The van der Waals surface area contributed by atoms with Crippen LogP contribution in [0, 0.1) is 23.2 Å². The normalized spacial score (nSPS) is 23.2. The molecule has 0 saturated heterocycles. The van der Waals surface area contributed by atoms with Crippen molar-refractivity contribution in [2.24, 2.45) is 11.8 Å². The summed E-state index contributed by atoms with van der Waals surface area (Å²) >= 11 is 0. The number of fused-ring (bicyclic) bond motifs is 1. The van der Waals surface area contributed by atoms with Gasteiger partial charge in [-0.3, -0.25) is 9.59 Å². The van der Waals surface area contributed by atoms with Gasteiger partial charge in [0.15, 0.2) is 0 Å². The molecular formula is C24H25N3O2. The molecule has 1 saturated carbocycles. The number of hydrogen-bond acceptors (Lipinski definition) is 3. The monoisotopic (exact) mass is 387 g/mol. The van der Waals surface area contributed by atoms with E-state index in [1.165, 1.54) is 5.56 Å². The van der Waals surface area contributed by atoms with Crippen LogP contribution in [-0.2, 0) is 16.0 Å². The number of nitrogens with one attached hydrogen (secondary N) is 1. The molecule has 5 heteroatoms. The Morgan fingerprint density at radius 3 is 2.41 bits per heavy atom. The van der Waals surface area contributed by atoms with Gasteiger partial charge in [-0.2, -0.15) is 5.26 Å². The van der Waals surface area contributed by atoms with Gasteiger partial charge in [-0.05, 0) is 62.8 Å². The van der Waals surface area contributed by atoms with Gasteiger partial charge < -0.3 is 10.2 Å². The van der Waals surface area contributed by atoms with E-state index in [1.807, 2.05) is 23.1 Å². The fourth-order valence-corrected chi connectivity index (χ4v) is 4.63. The smallest absolute Gasteiger partial charge is 0.230 e. The Morgan fingerprint density at radius 2 is 1.66 bits per heavy atom. The van der Waals surface area contributed by atoms with Crippen LogP contribution >= 0.6 is 0 Å². The summed E-state index contributed by atoms with van der Waals surface area (Å²) in [5.41, 5.74) is 3.29. The van der Waals surface area contributed by atoms with Crippen molar-refractivity contribution in [3.63, 3.8) is 0 Å². The molecule has 5 nitrogen and oxygen atoms in total. The SMILES string of the molecule is CC1Cc2ccccc2N1C(=O)C1CCC(C(=O)Nc2ccccc2C#N)CC1. The molecule has 0 radical (unpaired) electrons. The van der Waals surface area contributed by atoms with Crippen molar-refractivity contribution in [1.29, 1.82) is 5.26 Å². The van der Waals surface area contributed by atoms with Gasteiger partial charge in [0, 0.05) is 23.6 Å². The fourth-order valence-electron chi connectivity index (χ4n) is 4.63. The van der Waals surface area contributed by atoms with E-state index in [4.69, 9.17) is 0 Å². The molecule has 1 unspecified atom stereocenters. The summed E-state index contributed by atoms with van der Waals surface area (Å²) < 4.78 is 0. The third-order valence-electron chi connectivity index (χ3n) is 6.20. The quantitative estimate of drug-likeness (QED) is 0.854. The summed E-state index contributed by atoms with van der Waals surface area (Å²) in [5.74, 6) is -0.0113. The molecule has 2 amide bonds. The van der Waals surface area contributed by atoms with E-state index >= 15 is 0 Å². The highest BCUT2D eigenvalue weighted by Gasteiger charge is 2.37. The molecule has 1 atom stereocenters. The average Bonchev–Trinajstić information content (AvgIpc) is 3.09. The van der Waals surface area contributed by atoms with Crippen LogP contribution in [0.15, 0.2) is 48.5 Å². The van der Waals surface area contributed by atoms with Crippen molar-refractivity contribution < 1.29 is 9.59 Å². The number of carbonyl (C=O) groups excluding carboxylic acids is 2. The highest BCUT2D eigenvalue weighted by molar-refractivity contribution is 5.98. The van der Waals surface area contributed by atoms with Crippen LogP contribution in [0.3, 0.4) is 0 Å². The van der Waals surface area contributed by atoms with Gasteiger partial charge in [0.05, 0.1) is 11.3 Å². The lowest BCUT2D eigenvalue weighted by molar-refractivity contribution is -0.126. The summed E-state index contributed by atoms with van der Waals surface area (Å²) in [6.45, 7) is 2.10. The molecule has 1 fully saturated rings. The molecule has 2 aromatic carbocycles. The second-order valence-corrected chi connectivity index (χ2v) is 8.09. The van der Waals surface area contributed by atoms with Crippen LogP contribution in [0.2, 0.25) is 0 Å². The fraction of sp³-hybridized carbons (Fsp3) is 0.375. The van der Waals surface area contributed by atoms with Crippen molar-refractivity contribution in [2.75, 3.05) is 10.2 Å². The molecular weight excluding hydrogens is 362 g/mol. The van der Waals surface area contributed by atoms with Gasteiger partial charge in [0.25, 0.3) is 0 Å². The van der Waals surface area contributed by atoms with Crippen LogP contribution in [0.4, 0.5) is 11.4 Å². The lowest BCUT2D eigenvalue weighted by Gasteiger charge is -2.32. The van der Waals surface area contributed by atoms with Crippen molar-refractivity contribution >= 4 is 23.2 Å². The first-order valence-electron chi connectivity index (χ1n) is 10.3. The Kier molecular flexibility index (Phi) is 5.35. The van der Waals surface area contributed by atoms with Gasteiger partial charge in [-0.1, -0.05) is 30.3 Å². The van der Waals surface area contributed by atoms with Crippen molar-refractivity contribution in [3.05, 3.63) is 59.7 Å². The molecule has 0 bridgehead atoms. The van der Waals surface area contributed by atoms with E-state index in [2.05, 4.69) is 24.4 Å². The number of amides is 2. The van der Waals surface area contributed by atoms with Crippen LogP contribution in [0.25, 0.3) is 0 Å². The third kappa shape index (κ3) is 3.75. The third-order valence-corrected chi connectivity index (χ3v) is 6.20. The first-order chi connectivity index (χ1) is 14.1. The molecule has 1 aliphatic carbocycles. The number of nitrogens with zero attached hydrogens (tertiary/aromatic N) is 2.